The van der Waals surface area contributed by atoms with Crippen molar-refractivity contribution in [2.24, 2.45) is 4.99 Å². The van der Waals surface area contributed by atoms with Gasteiger partial charge in [-0.2, -0.15) is 11.8 Å². The molecule has 1 fully saturated rings. The summed E-state index contributed by atoms with van der Waals surface area (Å²) >= 11 is 1.84. The molecule has 0 radical (unpaired) electrons. The second-order valence-corrected chi connectivity index (χ2v) is 7.24. The van der Waals surface area contributed by atoms with Crippen molar-refractivity contribution in [1.29, 1.82) is 0 Å². The lowest BCUT2D eigenvalue weighted by molar-refractivity contribution is 0.164. The number of aliphatic imine (C=N–C) groups is 1. The Morgan fingerprint density at radius 1 is 1.20 bits per heavy atom. The number of hydrogen-bond acceptors (Lipinski definition) is 4. The topological polar surface area (TPSA) is 48.9 Å². The second-order valence-electron chi connectivity index (χ2n) is 6.26. The summed E-state index contributed by atoms with van der Waals surface area (Å²) in [5.74, 6) is 2.86. The van der Waals surface area contributed by atoms with E-state index >= 15 is 0 Å². The summed E-state index contributed by atoms with van der Waals surface area (Å²) in [6.07, 6.45) is 6.03. The average Bonchev–Trinajstić information content (AvgIpc) is 2.68. The third-order valence-corrected chi connectivity index (χ3v) is 5.23. The monoisotopic (exact) mass is 364 g/mol. The molecule has 0 saturated carbocycles. The predicted octanol–water partition coefficient (Wildman–Crippen LogP) is 2.75. The van der Waals surface area contributed by atoms with Gasteiger partial charge in [0, 0.05) is 25.9 Å². The molecule has 1 aromatic carbocycles. The molecule has 1 aromatic rings. The Morgan fingerprint density at radius 2 is 1.92 bits per heavy atom. The fourth-order valence-electron chi connectivity index (χ4n) is 3.20. The van der Waals surface area contributed by atoms with E-state index in [-0.39, 0.29) is 0 Å². The summed E-state index contributed by atoms with van der Waals surface area (Å²) in [6.45, 7) is 4.11. The van der Waals surface area contributed by atoms with E-state index in [1.807, 2.05) is 18.8 Å². The molecule has 6 heteroatoms. The number of ether oxygens (including phenoxy) is 1. The van der Waals surface area contributed by atoms with Crippen LogP contribution in [0.2, 0.25) is 0 Å². The number of thioether (sulfide) groups is 1. The molecule has 1 heterocycles. The lowest BCUT2D eigenvalue weighted by Crippen LogP contribution is -2.44. The number of hydrogen-bond donors (Lipinski definition) is 2. The summed E-state index contributed by atoms with van der Waals surface area (Å²) in [5.41, 5.74) is 1.33. The van der Waals surface area contributed by atoms with Gasteiger partial charge in [-0.15, -0.1) is 0 Å². The summed E-state index contributed by atoms with van der Waals surface area (Å²) < 4.78 is 5.30. The van der Waals surface area contributed by atoms with Crippen molar-refractivity contribution in [2.75, 3.05) is 52.3 Å². The van der Waals surface area contributed by atoms with Crippen LogP contribution < -0.4 is 15.4 Å². The summed E-state index contributed by atoms with van der Waals surface area (Å²) in [7, 11) is 3.54. The van der Waals surface area contributed by atoms with Gasteiger partial charge in [-0.1, -0.05) is 18.6 Å². The first-order valence-electron chi connectivity index (χ1n) is 9.10. The van der Waals surface area contributed by atoms with Crippen LogP contribution in [-0.2, 0) is 0 Å². The van der Waals surface area contributed by atoms with Crippen molar-refractivity contribution in [3.8, 4) is 5.75 Å². The molecule has 0 spiro atoms. The summed E-state index contributed by atoms with van der Waals surface area (Å²) in [5, 5.41) is 6.89. The largest absolute Gasteiger partial charge is 0.497 e. The Hall–Kier alpha value is -1.40. The number of benzene rings is 1. The Bertz CT molecular complexity index is 515. The third kappa shape index (κ3) is 6.44. The van der Waals surface area contributed by atoms with Gasteiger partial charge in [-0.05, 0) is 49.9 Å². The van der Waals surface area contributed by atoms with Gasteiger partial charge in [0.05, 0.1) is 13.2 Å². The van der Waals surface area contributed by atoms with E-state index in [2.05, 4.69) is 51.0 Å². The number of nitrogens with zero attached hydrogens (tertiary/aromatic N) is 2. The smallest absolute Gasteiger partial charge is 0.191 e. The lowest BCUT2D eigenvalue weighted by atomic mass is 10.0. The van der Waals surface area contributed by atoms with Crippen LogP contribution in [0, 0.1) is 0 Å². The number of rotatable bonds is 8. The molecule has 0 aromatic heterocycles. The van der Waals surface area contributed by atoms with E-state index in [4.69, 9.17) is 4.74 Å². The van der Waals surface area contributed by atoms with Gasteiger partial charge in [0.15, 0.2) is 5.96 Å². The first kappa shape index (κ1) is 19.9. The van der Waals surface area contributed by atoms with E-state index in [1.54, 1.807) is 7.11 Å². The highest BCUT2D eigenvalue weighted by molar-refractivity contribution is 7.98. The molecule has 0 aliphatic carbocycles. The first-order chi connectivity index (χ1) is 12.3. The van der Waals surface area contributed by atoms with Crippen molar-refractivity contribution < 1.29 is 4.74 Å². The lowest BCUT2D eigenvalue weighted by Gasteiger charge is -2.35. The van der Waals surface area contributed by atoms with Gasteiger partial charge in [0.2, 0.25) is 0 Å². The number of nitrogens with one attached hydrogen (secondary N) is 2. The fraction of sp³-hybridized carbons (Fsp3) is 0.632. The molecular formula is C19H32N4OS. The van der Waals surface area contributed by atoms with Crippen molar-refractivity contribution in [2.45, 2.75) is 25.3 Å². The first-order valence-corrected chi connectivity index (χ1v) is 10.5. The van der Waals surface area contributed by atoms with E-state index in [0.29, 0.717) is 6.04 Å². The van der Waals surface area contributed by atoms with Crippen LogP contribution in [0.1, 0.15) is 30.9 Å². The van der Waals surface area contributed by atoms with E-state index in [9.17, 15) is 0 Å². The van der Waals surface area contributed by atoms with Gasteiger partial charge >= 0.3 is 0 Å². The maximum absolute atomic E-state index is 5.30. The van der Waals surface area contributed by atoms with Gasteiger partial charge in [-0.25, -0.2) is 0 Å². The zero-order chi connectivity index (χ0) is 17.9. The molecule has 0 bridgehead atoms. The van der Waals surface area contributed by atoms with Crippen LogP contribution in [0.4, 0.5) is 0 Å². The van der Waals surface area contributed by atoms with Gasteiger partial charge in [0.1, 0.15) is 5.75 Å². The quantitative estimate of drug-likeness (QED) is 0.422. The Balaban J connectivity index is 2.02. The minimum absolute atomic E-state index is 0.352. The van der Waals surface area contributed by atoms with Crippen molar-refractivity contribution in [3.05, 3.63) is 29.8 Å². The maximum Gasteiger partial charge on any atom is 0.191 e. The fourth-order valence-corrected chi connectivity index (χ4v) is 3.51. The molecule has 1 saturated heterocycles. The molecule has 2 N–H and O–H groups in total. The van der Waals surface area contributed by atoms with Crippen LogP contribution in [0.5, 0.6) is 5.75 Å². The summed E-state index contributed by atoms with van der Waals surface area (Å²) in [4.78, 5) is 6.94. The molecule has 2 rings (SSSR count). The molecule has 1 atom stereocenters. The van der Waals surface area contributed by atoms with Gasteiger partial charge in [0.25, 0.3) is 0 Å². The third-order valence-electron chi connectivity index (χ3n) is 4.62. The van der Waals surface area contributed by atoms with Crippen LogP contribution in [0.25, 0.3) is 0 Å². The maximum atomic E-state index is 5.30. The van der Waals surface area contributed by atoms with Crippen LogP contribution >= 0.6 is 11.8 Å². The van der Waals surface area contributed by atoms with E-state index in [0.717, 1.165) is 43.6 Å². The van der Waals surface area contributed by atoms with Crippen LogP contribution in [0.15, 0.2) is 29.3 Å². The van der Waals surface area contributed by atoms with Crippen LogP contribution in [0.3, 0.4) is 0 Å². The second kappa shape index (κ2) is 11.3. The minimum atomic E-state index is 0.352. The van der Waals surface area contributed by atoms with E-state index in [1.165, 1.54) is 24.8 Å². The van der Waals surface area contributed by atoms with Crippen molar-refractivity contribution in [1.82, 2.24) is 15.5 Å². The molecule has 25 heavy (non-hydrogen) atoms. The highest BCUT2D eigenvalue weighted by Crippen LogP contribution is 2.25. The standard InChI is InChI=1S/C19H32N4OS/c1-20-19(21-11-14-25-3)22-15-18(23-12-5-4-6-13-23)16-7-9-17(24-2)10-8-16/h7-10,18H,4-6,11-15H2,1-3H3,(H2,20,21,22). The van der Waals surface area contributed by atoms with E-state index < -0.39 is 0 Å². The summed E-state index contributed by atoms with van der Waals surface area (Å²) in [6, 6.07) is 8.83. The van der Waals surface area contributed by atoms with Crippen molar-refractivity contribution in [3.63, 3.8) is 0 Å². The predicted molar refractivity (Wildman–Crippen MR) is 109 cm³/mol. The molecule has 1 unspecified atom stereocenters. The Kier molecular flexibility index (Phi) is 8.97. The van der Waals surface area contributed by atoms with Gasteiger partial charge in [-0.3, -0.25) is 9.89 Å². The normalized spacial score (nSPS) is 17.2. The molecule has 140 valence electrons. The number of likely N-dealkylation sites (tertiary alicyclic amines) is 1. The Labute approximate surface area is 156 Å². The number of guanidine groups is 1. The highest BCUT2D eigenvalue weighted by atomic mass is 32.2. The number of methoxy groups -OCH3 is 1. The SMILES string of the molecule is CN=C(NCCSC)NCC(c1ccc(OC)cc1)N1CCCCC1. The van der Waals surface area contributed by atoms with Gasteiger partial charge < -0.3 is 15.4 Å². The molecular weight excluding hydrogens is 332 g/mol. The highest BCUT2D eigenvalue weighted by Gasteiger charge is 2.22. The Morgan fingerprint density at radius 3 is 2.52 bits per heavy atom. The zero-order valence-corrected chi connectivity index (χ0v) is 16.6. The molecule has 1 aliphatic heterocycles. The molecule has 1 aliphatic rings. The van der Waals surface area contributed by atoms with Crippen LogP contribution in [-0.4, -0.2) is 63.2 Å². The minimum Gasteiger partial charge on any atom is -0.497 e. The molecule has 5 nitrogen and oxygen atoms in total. The number of piperidine rings is 1. The average molecular weight is 365 g/mol. The molecule has 0 amide bonds. The zero-order valence-electron chi connectivity index (χ0n) is 15.8. The van der Waals surface area contributed by atoms with Crippen molar-refractivity contribution >= 4 is 17.7 Å².